The summed E-state index contributed by atoms with van der Waals surface area (Å²) in [5, 5.41) is 0. The maximum absolute atomic E-state index is 13.1. The lowest BCUT2D eigenvalue weighted by molar-refractivity contribution is -0.141. The Morgan fingerprint density at radius 3 is 2.62 bits per heavy atom. The van der Waals surface area contributed by atoms with E-state index in [9.17, 15) is 9.18 Å². The maximum Gasteiger partial charge on any atom is 0.233 e. The van der Waals surface area contributed by atoms with Gasteiger partial charge in [-0.15, -0.1) is 0 Å². The Balaban J connectivity index is 1.32. The second kappa shape index (κ2) is 5.89. The third-order valence-corrected chi connectivity index (χ3v) is 4.92. The van der Waals surface area contributed by atoms with Crippen LogP contribution < -0.4 is 4.74 Å². The summed E-state index contributed by atoms with van der Waals surface area (Å²) in [6.45, 7) is 2.04. The average Bonchev–Trinajstić information content (AvgIpc) is 3.36. The number of nitrogens with zero attached hydrogens (tertiary/aromatic N) is 2. The van der Waals surface area contributed by atoms with Gasteiger partial charge in [-0.2, -0.15) is 0 Å². The molecular weight excluding hydrogens is 307 g/mol. The van der Waals surface area contributed by atoms with Gasteiger partial charge in [-0.1, -0.05) is 12.1 Å². The Hall–Kier alpha value is -2.43. The summed E-state index contributed by atoms with van der Waals surface area (Å²) in [7, 11) is 0. The molecule has 0 unspecified atom stereocenters. The first-order chi connectivity index (χ1) is 11.7. The molecule has 0 radical (unpaired) electrons. The van der Waals surface area contributed by atoms with Crippen LogP contribution in [-0.2, 0) is 10.2 Å². The van der Waals surface area contributed by atoms with Crippen molar-refractivity contribution in [3.05, 3.63) is 60.2 Å². The van der Waals surface area contributed by atoms with Gasteiger partial charge in [0.25, 0.3) is 0 Å². The highest BCUT2D eigenvalue weighted by Gasteiger charge is 2.54. The number of carbonyl (C=O) groups is 1. The van der Waals surface area contributed by atoms with E-state index in [1.807, 2.05) is 17.0 Å². The second-order valence-electron chi connectivity index (χ2n) is 6.66. The van der Waals surface area contributed by atoms with Crippen molar-refractivity contribution in [1.82, 2.24) is 9.88 Å². The van der Waals surface area contributed by atoms with Crippen LogP contribution in [0.2, 0.25) is 0 Å². The van der Waals surface area contributed by atoms with E-state index >= 15 is 0 Å². The second-order valence-corrected chi connectivity index (χ2v) is 6.66. The summed E-state index contributed by atoms with van der Waals surface area (Å²) in [6.07, 6.45) is 5.10. The van der Waals surface area contributed by atoms with Gasteiger partial charge in [0.05, 0.1) is 18.2 Å². The zero-order valence-corrected chi connectivity index (χ0v) is 13.3. The molecule has 0 bridgehead atoms. The third kappa shape index (κ3) is 2.75. The van der Waals surface area contributed by atoms with E-state index in [0.29, 0.717) is 12.5 Å². The highest BCUT2D eigenvalue weighted by atomic mass is 19.1. The predicted octanol–water partition coefficient (Wildman–Crippen LogP) is 2.79. The molecule has 2 fully saturated rings. The Kier molecular flexibility index (Phi) is 3.71. The normalized spacial score (nSPS) is 18.8. The molecule has 124 valence electrons. The Bertz CT molecular complexity index is 723. The summed E-state index contributed by atoms with van der Waals surface area (Å²) in [4.78, 5) is 18.7. The van der Waals surface area contributed by atoms with Crippen LogP contribution >= 0.6 is 0 Å². The first kappa shape index (κ1) is 15.1. The number of aromatic nitrogens is 1. The lowest BCUT2D eigenvalue weighted by atomic mass is 9.91. The van der Waals surface area contributed by atoms with Gasteiger partial charge in [-0.05, 0) is 42.7 Å². The number of amides is 1. The van der Waals surface area contributed by atoms with E-state index in [4.69, 9.17) is 4.74 Å². The minimum Gasteiger partial charge on any atom is -0.492 e. The van der Waals surface area contributed by atoms with Crippen molar-refractivity contribution >= 4 is 5.91 Å². The van der Waals surface area contributed by atoms with E-state index in [-0.39, 0.29) is 11.7 Å². The monoisotopic (exact) mass is 326 g/mol. The quantitative estimate of drug-likeness (QED) is 0.848. The van der Waals surface area contributed by atoms with Crippen molar-refractivity contribution in [3.63, 3.8) is 0 Å². The maximum atomic E-state index is 13.1. The van der Waals surface area contributed by atoms with Gasteiger partial charge in [0.1, 0.15) is 11.6 Å². The molecule has 4 nitrogen and oxygen atoms in total. The van der Waals surface area contributed by atoms with Crippen LogP contribution in [0.25, 0.3) is 0 Å². The van der Waals surface area contributed by atoms with Crippen molar-refractivity contribution in [2.45, 2.75) is 18.3 Å². The number of halogens is 1. The smallest absolute Gasteiger partial charge is 0.233 e. The zero-order chi connectivity index (χ0) is 16.6. The molecule has 1 aliphatic carbocycles. The number of rotatable bonds is 5. The lowest BCUT2D eigenvalue weighted by Crippen LogP contribution is -2.55. The van der Waals surface area contributed by atoms with Crippen LogP contribution in [0.4, 0.5) is 4.39 Å². The van der Waals surface area contributed by atoms with E-state index < -0.39 is 5.41 Å². The van der Waals surface area contributed by atoms with Crippen LogP contribution in [0, 0.1) is 11.7 Å². The minimum absolute atomic E-state index is 0.173. The molecule has 1 amide bonds. The van der Waals surface area contributed by atoms with Crippen molar-refractivity contribution in [2.75, 3.05) is 19.7 Å². The number of hydrogen-bond donors (Lipinski definition) is 0. The van der Waals surface area contributed by atoms with Gasteiger partial charge >= 0.3 is 0 Å². The first-order valence-electron chi connectivity index (χ1n) is 8.26. The van der Waals surface area contributed by atoms with Crippen molar-refractivity contribution in [1.29, 1.82) is 0 Å². The van der Waals surface area contributed by atoms with Crippen molar-refractivity contribution < 1.29 is 13.9 Å². The van der Waals surface area contributed by atoms with E-state index in [0.717, 1.165) is 37.2 Å². The highest BCUT2D eigenvalue weighted by molar-refractivity contribution is 5.91. The van der Waals surface area contributed by atoms with Gasteiger partial charge in [0.15, 0.2) is 0 Å². The number of carbonyl (C=O) groups excluding carboxylic acids is 1. The fourth-order valence-electron chi connectivity index (χ4n) is 3.31. The Morgan fingerprint density at radius 2 is 2.00 bits per heavy atom. The molecule has 1 aromatic carbocycles. The molecule has 0 atom stereocenters. The van der Waals surface area contributed by atoms with Gasteiger partial charge in [-0.3, -0.25) is 9.78 Å². The van der Waals surface area contributed by atoms with Crippen LogP contribution in [0.1, 0.15) is 18.4 Å². The lowest BCUT2D eigenvalue weighted by Gasteiger charge is -2.41. The molecule has 4 rings (SSSR count). The fourth-order valence-corrected chi connectivity index (χ4v) is 3.31. The number of ether oxygens (including phenoxy) is 1. The number of hydrogen-bond acceptors (Lipinski definition) is 3. The first-order valence-corrected chi connectivity index (χ1v) is 8.26. The summed E-state index contributed by atoms with van der Waals surface area (Å²) in [6, 6.07) is 10.1. The molecule has 1 saturated carbocycles. The highest BCUT2D eigenvalue weighted by Crippen LogP contribution is 2.50. The minimum atomic E-state index is -0.414. The summed E-state index contributed by atoms with van der Waals surface area (Å²) in [5.41, 5.74) is 0.520. The van der Waals surface area contributed by atoms with Crippen LogP contribution in [0.15, 0.2) is 48.8 Å². The van der Waals surface area contributed by atoms with Crippen LogP contribution in [0.3, 0.4) is 0 Å². The zero-order valence-electron chi connectivity index (χ0n) is 13.3. The molecule has 0 spiro atoms. The van der Waals surface area contributed by atoms with Crippen molar-refractivity contribution in [3.8, 4) is 5.75 Å². The molecule has 1 aromatic heterocycles. The van der Waals surface area contributed by atoms with E-state index in [1.54, 1.807) is 24.5 Å². The topological polar surface area (TPSA) is 42.4 Å². The van der Waals surface area contributed by atoms with Gasteiger partial charge < -0.3 is 9.64 Å². The van der Waals surface area contributed by atoms with Gasteiger partial charge in [-0.25, -0.2) is 4.39 Å². The summed E-state index contributed by atoms with van der Waals surface area (Å²) < 4.78 is 18.8. The molecule has 24 heavy (non-hydrogen) atoms. The molecule has 2 aliphatic rings. The van der Waals surface area contributed by atoms with Gasteiger partial charge in [0, 0.05) is 25.2 Å². The predicted molar refractivity (Wildman–Crippen MR) is 87.1 cm³/mol. The standard InChI is InChI=1S/C19H19FN2O2/c20-16-5-3-15(4-6-16)19(7-8-19)18(23)22-11-14(12-22)13-24-17-2-1-9-21-10-17/h1-6,9-10,14H,7-8,11-13H2. The Morgan fingerprint density at radius 1 is 1.25 bits per heavy atom. The number of pyridine rings is 1. The van der Waals surface area contributed by atoms with Crippen LogP contribution in [-0.4, -0.2) is 35.5 Å². The third-order valence-electron chi connectivity index (χ3n) is 4.92. The largest absolute Gasteiger partial charge is 0.492 e. The number of benzene rings is 1. The van der Waals surface area contributed by atoms with Crippen molar-refractivity contribution in [2.24, 2.45) is 5.92 Å². The molecule has 0 N–H and O–H groups in total. The SMILES string of the molecule is O=C(N1CC(COc2cccnc2)C1)C1(c2ccc(F)cc2)CC1. The molecule has 2 aromatic rings. The summed E-state index contributed by atoms with van der Waals surface area (Å²) in [5.74, 6) is 1.02. The van der Waals surface area contributed by atoms with Gasteiger partial charge in [0.2, 0.25) is 5.91 Å². The molecular formula is C19H19FN2O2. The van der Waals surface area contributed by atoms with E-state index in [2.05, 4.69) is 4.98 Å². The molecule has 1 aliphatic heterocycles. The molecule has 2 heterocycles. The number of likely N-dealkylation sites (tertiary alicyclic amines) is 1. The van der Waals surface area contributed by atoms with E-state index in [1.165, 1.54) is 12.1 Å². The Labute approximate surface area is 140 Å². The average molecular weight is 326 g/mol. The summed E-state index contributed by atoms with van der Waals surface area (Å²) >= 11 is 0. The van der Waals surface area contributed by atoms with Crippen LogP contribution in [0.5, 0.6) is 5.75 Å². The molecule has 5 heteroatoms. The molecule has 1 saturated heterocycles. The fraction of sp³-hybridized carbons (Fsp3) is 0.368.